The van der Waals surface area contributed by atoms with E-state index in [2.05, 4.69) is 30.0 Å². The third kappa shape index (κ3) is 16.7. The largest absolute Gasteiger partial charge is 0.481 e. The van der Waals surface area contributed by atoms with Gasteiger partial charge in [0, 0.05) is 6.42 Å². The minimum Gasteiger partial charge on any atom is -0.481 e. The molecule has 0 saturated carbocycles. The Kier molecular flexibility index (Phi) is 16.5. The molecule has 4 heteroatoms. The van der Waals surface area contributed by atoms with Gasteiger partial charge in [0.15, 0.2) is 0 Å². The minimum absolute atomic E-state index is 0.219. The fraction of sp³-hybridized carbons (Fsp3) is 0.550. The number of carbonyl (C=O) groups is 1. The topological polar surface area (TPSA) is 66.8 Å². The van der Waals surface area contributed by atoms with Gasteiger partial charge >= 0.3 is 5.97 Å². The Morgan fingerprint density at radius 1 is 1.00 bits per heavy atom. The molecule has 2 N–H and O–H groups in total. The molecule has 1 unspecified atom stereocenters. The molecule has 0 amide bonds. The van der Waals surface area contributed by atoms with Crippen molar-refractivity contribution < 1.29 is 20.0 Å². The summed E-state index contributed by atoms with van der Waals surface area (Å²) in [6.45, 7) is 2.15. The monoisotopic (exact) mass is 336 g/mol. The van der Waals surface area contributed by atoms with Crippen molar-refractivity contribution in [1.29, 1.82) is 0 Å². The van der Waals surface area contributed by atoms with Gasteiger partial charge < -0.3 is 5.11 Å². The quantitative estimate of drug-likeness (QED) is 0.133. The zero-order valence-electron chi connectivity index (χ0n) is 14.8. The molecule has 0 fully saturated rings. The van der Waals surface area contributed by atoms with Gasteiger partial charge in [0.2, 0.25) is 0 Å². The number of allylic oxidation sites excluding steroid dienone is 7. The van der Waals surface area contributed by atoms with Crippen molar-refractivity contribution in [3.8, 4) is 0 Å². The van der Waals surface area contributed by atoms with Gasteiger partial charge in [0.25, 0.3) is 0 Å². The van der Waals surface area contributed by atoms with Crippen molar-refractivity contribution in [2.45, 2.75) is 70.8 Å². The van der Waals surface area contributed by atoms with Gasteiger partial charge in [0.05, 0.1) is 0 Å². The number of carboxylic acids is 1. The maximum atomic E-state index is 10.3. The standard InChI is InChI=1S/C20H32O4/c1-2-3-13-16-19(24-23)17-14-11-9-7-5-4-6-8-10-12-15-18-20(21)22/h4-5,8-11,14,17,19,23H,2-3,6-7,12-13,15-16,18H2,1H3,(H,21,22)/b5-4?,10-8?,11-9-,17-14+. The smallest absolute Gasteiger partial charge is 0.303 e. The molecule has 0 aromatic carbocycles. The first-order valence-corrected chi connectivity index (χ1v) is 8.86. The number of hydrogen-bond acceptors (Lipinski definition) is 3. The summed E-state index contributed by atoms with van der Waals surface area (Å²) in [5.41, 5.74) is 0. The third-order valence-corrected chi connectivity index (χ3v) is 3.44. The second kappa shape index (κ2) is 17.7. The first-order valence-electron chi connectivity index (χ1n) is 8.86. The van der Waals surface area contributed by atoms with Gasteiger partial charge in [-0.2, -0.15) is 0 Å². The molecule has 0 spiro atoms. The van der Waals surface area contributed by atoms with Crippen LogP contribution in [0, 0.1) is 0 Å². The van der Waals surface area contributed by atoms with Crippen molar-refractivity contribution in [3.05, 3.63) is 48.6 Å². The Labute approximate surface area is 146 Å². The molecule has 0 aromatic rings. The van der Waals surface area contributed by atoms with Crippen LogP contribution in [0.5, 0.6) is 0 Å². The van der Waals surface area contributed by atoms with Crippen LogP contribution in [-0.4, -0.2) is 22.4 Å². The van der Waals surface area contributed by atoms with Crippen LogP contribution in [-0.2, 0) is 9.68 Å². The fourth-order valence-corrected chi connectivity index (χ4v) is 2.06. The van der Waals surface area contributed by atoms with E-state index in [0.717, 1.165) is 44.9 Å². The highest BCUT2D eigenvalue weighted by atomic mass is 17.1. The molecule has 24 heavy (non-hydrogen) atoms. The normalized spacial score (nSPS) is 13.8. The lowest BCUT2D eigenvalue weighted by Crippen LogP contribution is -2.06. The van der Waals surface area contributed by atoms with Crippen LogP contribution in [0.3, 0.4) is 0 Å². The van der Waals surface area contributed by atoms with E-state index in [1.54, 1.807) is 0 Å². The second-order valence-electron chi connectivity index (χ2n) is 5.65. The number of carboxylic acid groups (broad SMARTS) is 1. The predicted octanol–water partition coefficient (Wildman–Crippen LogP) is 5.68. The van der Waals surface area contributed by atoms with Crippen LogP contribution in [0.4, 0.5) is 0 Å². The molecule has 0 aliphatic carbocycles. The van der Waals surface area contributed by atoms with Crippen molar-refractivity contribution in [2.24, 2.45) is 0 Å². The fourth-order valence-electron chi connectivity index (χ4n) is 2.06. The summed E-state index contributed by atoms with van der Waals surface area (Å²) in [4.78, 5) is 14.8. The van der Waals surface area contributed by atoms with Gasteiger partial charge in [-0.15, -0.1) is 0 Å². The Bertz CT molecular complexity index is 408. The van der Waals surface area contributed by atoms with Gasteiger partial charge in [-0.3, -0.25) is 10.1 Å². The summed E-state index contributed by atoms with van der Waals surface area (Å²) in [5.74, 6) is -0.734. The molecule has 1 atom stereocenters. The van der Waals surface area contributed by atoms with E-state index in [1.807, 2.05) is 30.4 Å². The van der Waals surface area contributed by atoms with E-state index >= 15 is 0 Å². The van der Waals surface area contributed by atoms with Crippen molar-refractivity contribution in [3.63, 3.8) is 0 Å². The molecule has 0 rings (SSSR count). The number of rotatable bonds is 15. The molecular weight excluding hydrogens is 304 g/mol. The predicted molar refractivity (Wildman–Crippen MR) is 98.9 cm³/mol. The Morgan fingerprint density at radius 2 is 1.71 bits per heavy atom. The molecule has 136 valence electrons. The summed E-state index contributed by atoms with van der Waals surface area (Å²) in [5, 5.41) is 17.3. The highest BCUT2D eigenvalue weighted by Crippen LogP contribution is 2.07. The molecular formula is C20H32O4. The summed E-state index contributed by atoms with van der Waals surface area (Å²) in [7, 11) is 0. The van der Waals surface area contributed by atoms with Crippen molar-refractivity contribution >= 4 is 5.97 Å². The average molecular weight is 336 g/mol. The summed E-state index contributed by atoms with van der Waals surface area (Å²) in [6.07, 6.45) is 23.5. The molecule has 0 bridgehead atoms. The summed E-state index contributed by atoms with van der Waals surface area (Å²) >= 11 is 0. The maximum Gasteiger partial charge on any atom is 0.303 e. The lowest BCUT2D eigenvalue weighted by atomic mass is 10.1. The second-order valence-corrected chi connectivity index (χ2v) is 5.65. The summed E-state index contributed by atoms with van der Waals surface area (Å²) in [6, 6.07) is 0. The minimum atomic E-state index is -0.734. The van der Waals surface area contributed by atoms with Crippen molar-refractivity contribution in [2.75, 3.05) is 0 Å². The van der Waals surface area contributed by atoms with E-state index < -0.39 is 5.97 Å². The average Bonchev–Trinajstić information content (AvgIpc) is 2.57. The lowest BCUT2D eigenvalue weighted by Gasteiger charge is -2.07. The van der Waals surface area contributed by atoms with Crippen LogP contribution in [0.15, 0.2) is 48.6 Å². The van der Waals surface area contributed by atoms with E-state index in [-0.39, 0.29) is 12.5 Å². The van der Waals surface area contributed by atoms with Crippen LogP contribution >= 0.6 is 0 Å². The molecule has 0 radical (unpaired) electrons. The molecule has 0 aromatic heterocycles. The molecule has 0 heterocycles. The summed E-state index contributed by atoms with van der Waals surface area (Å²) < 4.78 is 0. The molecule has 0 saturated heterocycles. The Hall–Kier alpha value is -1.65. The number of unbranched alkanes of at least 4 members (excludes halogenated alkanes) is 3. The highest BCUT2D eigenvalue weighted by Gasteiger charge is 2.02. The van der Waals surface area contributed by atoms with Gasteiger partial charge in [-0.05, 0) is 32.1 Å². The third-order valence-electron chi connectivity index (χ3n) is 3.44. The van der Waals surface area contributed by atoms with Crippen LogP contribution in [0.1, 0.15) is 64.7 Å². The van der Waals surface area contributed by atoms with E-state index in [0.29, 0.717) is 6.42 Å². The van der Waals surface area contributed by atoms with E-state index in [1.165, 1.54) is 0 Å². The number of hydrogen-bond donors (Lipinski definition) is 2. The van der Waals surface area contributed by atoms with E-state index in [4.69, 9.17) is 10.4 Å². The maximum absolute atomic E-state index is 10.3. The molecule has 4 nitrogen and oxygen atoms in total. The van der Waals surface area contributed by atoms with E-state index in [9.17, 15) is 4.79 Å². The molecule has 0 aliphatic heterocycles. The Morgan fingerprint density at radius 3 is 2.38 bits per heavy atom. The zero-order chi connectivity index (χ0) is 17.9. The van der Waals surface area contributed by atoms with Gasteiger partial charge in [-0.25, -0.2) is 4.89 Å². The lowest BCUT2D eigenvalue weighted by molar-refractivity contribution is -0.267. The van der Waals surface area contributed by atoms with Gasteiger partial charge in [-0.1, -0.05) is 74.8 Å². The van der Waals surface area contributed by atoms with Crippen LogP contribution in [0.2, 0.25) is 0 Å². The SMILES string of the molecule is CCCCCC(/C=C/C=C\CC=CCC=CCCCC(=O)O)OO. The first-order chi connectivity index (χ1) is 11.7. The van der Waals surface area contributed by atoms with Crippen LogP contribution in [0.25, 0.3) is 0 Å². The highest BCUT2D eigenvalue weighted by molar-refractivity contribution is 5.66. The van der Waals surface area contributed by atoms with Gasteiger partial charge in [0.1, 0.15) is 6.10 Å². The first kappa shape index (κ1) is 22.4. The van der Waals surface area contributed by atoms with Crippen LogP contribution < -0.4 is 0 Å². The van der Waals surface area contributed by atoms with Crippen molar-refractivity contribution in [1.82, 2.24) is 0 Å². The number of aliphatic carboxylic acids is 1. The zero-order valence-corrected chi connectivity index (χ0v) is 14.8. The Balaban J connectivity index is 3.70. The molecule has 0 aliphatic rings.